The van der Waals surface area contributed by atoms with E-state index in [2.05, 4.69) is 16.5 Å². The number of carbonyl (C=O) groups is 3. The molecule has 2 heterocycles. The molecule has 0 spiro atoms. The summed E-state index contributed by atoms with van der Waals surface area (Å²) in [6.07, 6.45) is 4.69. The van der Waals surface area contributed by atoms with E-state index >= 15 is 0 Å². The van der Waals surface area contributed by atoms with Crippen molar-refractivity contribution in [2.24, 2.45) is 5.92 Å². The Morgan fingerprint density at radius 2 is 2.08 bits per heavy atom. The normalized spacial score (nSPS) is 21.4. The van der Waals surface area contributed by atoms with Crippen molar-refractivity contribution in [2.45, 2.75) is 76.6 Å². The summed E-state index contributed by atoms with van der Waals surface area (Å²) in [6.45, 7) is 5.32. The zero-order valence-corrected chi connectivity index (χ0v) is 21.0. The van der Waals surface area contributed by atoms with Crippen LogP contribution in [0.5, 0.6) is 0 Å². The van der Waals surface area contributed by atoms with Crippen LogP contribution in [0, 0.1) is 23.1 Å². The highest BCUT2D eigenvalue weighted by molar-refractivity contribution is 5.88. The SMILES string of the molecule is CC(C)(C)OC(=O)N1C2CCC(C2)C1C(=O)NC(C#N)CCc1ccc(-n2cc(C(=O)O)cn2)cc1F. The van der Waals surface area contributed by atoms with Gasteiger partial charge in [0.1, 0.15) is 23.5 Å². The molecule has 1 aromatic heterocycles. The number of carboxylic acids is 1. The molecule has 4 rings (SSSR count). The summed E-state index contributed by atoms with van der Waals surface area (Å²) < 4.78 is 21.5. The fourth-order valence-corrected chi connectivity index (χ4v) is 5.08. The minimum absolute atomic E-state index is 0.0159. The summed E-state index contributed by atoms with van der Waals surface area (Å²) in [4.78, 5) is 38.6. The second kappa shape index (κ2) is 10.2. The van der Waals surface area contributed by atoms with Crippen molar-refractivity contribution in [2.75, 3.05) is 0 Å². The van der Waals surface area contributed by atoms with Gasteiger partial charge in [-0.15, -0.1) is 0 Å². The largest absolute Gasteiger partial charge is 0.478 e. The number of likely N-dealkylation sites (tertiary alicyclic amines) is 1. The number of carbonyl (C=O) groups excluding carboxylic acids is 2. The van der Waals surface area contributed by atoms with E-state index in [9.17, 15) is 24.0 Å². The Morgan fingerprint density at radius 1 is 1.32 bits per heavy atom. The van der Waals surface area contributed by atoms with Crippen LogP contribution >= 0.6 is 0 Å². The zero-order valence-electron chi connectivity index (χ0n) is 21.0. The molecular weight excluding hydrogens is 481 g/mol. The third-order valence-corrected chi connectivity index (χ3v) is 6.76. The predicted octanol–water partition coefficient (Wildman–Crippen LogP) is 3.44. The molecule has 1 aliphatic carbocycles. The Kier molecular flexibility index (Phi) is 7.21. The van der Waals surface area contributed by atoms with Gasteiger partial charge in [0.2, 0.25) is 5.91 Å². The molecule has 4 unspecified atom stereocenters. The van der Waals surface area contributed by atoms with Crippen LogP contribution in [0.1, 0.15) is 62.4 Å². The predicted molar refractivity (Wildman–Crippen MR) is 129 cm³/mol. The van der Waals surface area contributed by atoms with E-state index in [1.807, 2.05) is 0 Å². The van der Waals surface area contributed by atoms with Crippen LogP contribution in [0.25, 0.3) is 5.69 Å². The van der Waals surface area contributed by atoms with Crippen molar-refractivity contribution >= 4 is 18.0 Å². The monoisotopic (exact) mass is 511 g/mol. The summed E-state index contributed by atoms with van der Waals surface area (Å²) in [5.41, 5.74) is -0.000524. The molecule has 2 fully saturated rings. The molecule has 196 valence electrons. The highest BCUT2D eigenvalue weighted by atomic mass is 19.1. The molecule has 2 aliphatic rings. The number of piperidine rings is 1. The van der Waals surface area contributed by atoms with E-state index in [4.69, 9.17) is 9.84 Å². The lowest BCUT2D eigenvalue weighted by atomic mass is 9.97. The van der Waals surface area contributed by atoms with Gasteiger partial charge in [0.25, 0.3) is 0 Å². The van der Waals surface area contributed by atoms with Crippen LogP contribution in [-0.4, -0.2) is 61.5 Å². The van der Waals surface area contributed by atoms with Crippen molar-refractivity contribution < 1.29 is 28.6 Å². The maximum atomic E-state index is 14.8. The summed E-state index contributed by atoms with van der Waals surface area (Å²) >= 11 is 0. The van der Waals surface area contributed by atoms with Crippen molar-refractivity contribution in [1.29, 1.82) is 5.26 Å². The van der Waals surface area contributed by atoms with Crippen LogP contribution in [0.3, 0.4) is 0 Å². The third-order valence-electron chi connectivity index (χ3n) is 6.76. The van der Waals surface area contributed by atoms with Gasteiger partial charge in [-0.2, -0.15) is 10.4 Å². The number of hydrogen-bond acceptors (Lipinski definition) is 6. The first-order chi connectivity index (χ1) is 17.5. The van der Waals surface area contributed by atoms with Crippen LogP contribution in [0.4, 0.5) is 9.18 Å². The van der Waals surface area contributed by atoms with Gasteiger partial charge in [0.15, 0.2) is 0 Å². The van der Waals surface area contributed by atoms with Gasteiger partial charge in [-0.1, -0.05) is 6.07 Å². The first kappa shape index (κ1) is 26.1. The standard InChI is InChI=1S/C26H30FN5O5/c1-26(2,3)37-25(36)32-20-9-6-16(10-20)22(32)23(33)30-18(12-28)7-4-15-5-8-19(11-21(15)27)31-14-17(13-29-31)24(34)35/h5,8,11,13-14,16,18,20,22H,4,6-7,9-10H2,1-3H3,(H,30,33)(H,34,35). The van der Waals surface area contributed by atoms with Crippen LogP contribution in [0.2, 0.25) is 0 Å². The van der Waals surface area contributed by atoms with Crippen LogP contribution < -0.4 is 5.32 Å². The first-order valence-corrected chi connectivity index (χ1v) is 12.2. The number of aryl methyl sites for hydroxylation is 1. The Morgan fingerprint density at radius 3 is 2.70 bits per heavy atom. The lowest BCUT2D eigenvalue weighted by Crippen LogP contribution is -2.55. The maximum absolute atomic E-state index is 14.8. The summed E-state index contributed by atoms with van der Waals surface area (Å²) in [6, 6.07) is 4.84. The van der Waals surface area contributed by atoms with Gasteiger partial charge in [-0.25, -0.2) is 18.7 Å². The number of ether oxygens (including phenoxy) is 1. The number of amides is 2. The molecule has 2 amide bonds. The van der Waals surface area contributed by atoms with Crippen molar-refractivity contribution in [3.63, 3.8) is 0 Å². The molecule has 37 heavy (non-hydrogen) atoms. The summed E-state index contributed by atoms with van der Waals surface area (Å²) in [5, 5.41) is 25.3. The minimum Gasteiger partial charge on any atom is -0.478 e. The fourth-order valence-electron chi connectivity index (χ4n) is 5.08. The van der Waals surface area contributed by atoms with E-state index in [1.165, 1.54) is 28.0 Å². The second-order valence-corrected chi connectivity index (χ2v) is 10.5. The molecule has 2 N–H and O–H groups in total. The summed E-state index contributed by atoms with van der Waals surface area (Å²) in [5.74, 6) is -2.04. The average Bonchev–Trinajstić information content (AvgIpc) is 3.57. The number of nitriles is 1. The van der Waals surface area contributed by atoms with E-state index in [0.717, 1.165) is 19.3 Å². The Hall–Kier alpha value is -3.94. The molecule has 1 aliphatic heterocycles. The maximum Gasteiger partial charge on any atom is 0.411 e. The molecule has 1 saturated heterocycles. The topological polar surface area (TPSA) is 138 Å². The summed E-state index contributed by atoms with van der Waals surface area (Å²) in [7, 11) is 0. The number of fused-ring (bicyclic) bond motifs is 2. The van der Waals surface area contributed by atoms with Crippen LogP contribution in [-0.2, 0) is 16.0 Å². The van der Waals surface area contributed by atoms with Crippen molar-refractivity contribution in [3.05, 3.63) is 47.5 Å². The number of carboxylic acid groups (broad SMARTS) is 1. The number of nitrogens with zero attached hydrogens (tertiary/aromatic N) is 4. The molecule has 0 radical (unpaired) electrons. The molecule has 2 bridgehead atoms. The highest BCUT2D eigenvalue weighted by Gasteiger charge is 2.52. The number of hydrogen-bond donors (Lipinski definition) is 2. The minimum atomic E-state index is -1.13. The molecular formula is C26H30FN5O5. The Balaban J connectivity index is 1.39. The number of halogens is 1. The quantitative estimate of drug-likeness (QED) is 0.581. The number of aromatic nitrogens is 2. The van der Waals surface area contributed by atoms with E-state index < -0.39 is 41.5 Å². The number of nitrogens with one attached hydrogen (secondary N) is 1. The average molecular weight is 512 g/mol. The van der Waals surface area contributed by atoms with E-state index in [1.54, 1.807) is 32.9 Å². The van der Waals surface area contributed by atoms with E-state index in [0.29, 0.717) is 11.3 Å². The molecule has 11 heteroatoms. The third kappa shape index (κ3) is 5.74. The van der Waals surface area contributed by atoms with Gasteiger partial charge in [0.05, 0.1) is 23.5 Å². The number of rotatable bonds is 7. The number of aromatic carboxylic acids is 1. The van der Waals surface area contributed by atoms with Crippen LogP contribution in [0.15, 0.2) is 30.6 Å². The second-order valence-electron chi connectivity index (χ2n) is 10.5. The number of benzene rings is 1. The van der Waals surface area contributed by atoms with Gasteiger partial charge in [0, 0.05) is 12.2 Å². The lowest BCUT2D eigenvalue weighted by Gasteiger charge is -2.35. The van der Waals surface area contributed by atoms with Crippen molar-refractivity contribution in [3.8, 4) is 11.8 Å². The fraction of sp³-hybridized carbons (Fsp3) is 0.500. The zero-order chi connectivity index (χ0) is 26.9. The Bertz CT molecular complexity index is 1250. The van der Waals surface area contributed by atoms with Crippen molar-refractivity contribution in [1.82, 2.24) is 20.0 Å². The van der Waals surface area contributed by atoms with Gasteiger partial charge in [-0.3, -0.25) is 9.69 Å². The smallest absolute Gasteiger partial charge is 0.411 e. The van der Waals surface area contributed by atoms with Gasteiger partial charge < -0.3 is 15.2 Å². The van der Waals surface area contributed by atoms with E-state index in [-0.39, 0.29) is 30.4 Å². The molecule has 10 nitrogen and oxygen atoms in total. The highest BCUT2D eigenvalue weighted by Crippen LogP contribution is 2.43. The van der Waals surface area contributed by atoms with Gasteiger partial charge >= 0.3 is 12.1 Å². The molecule has 2 aromatic rings. The molecule has 4 atom stereocenters. The van der Waals surface area contributed by atoms with Gasteiger partial charge in [-0.05, 0) is 76.5 Å². The molecule has 1 saturated carbocycles. The molecule has 1 aromatic carbocycles. The Labute approximate surface area is 214 Å². The lowest BCUT2D eigenvalue weighted by molar-refractivity contribution is -0.128. The first-order valence-electron chi connectivity index (χ1n) is 12.2.